The number of rotatable bonds is 1. The minimum atomic E-state index is -0.182. The van der Waals surface area contributed by atoms with E-state index in [9.17, 15) is 4.79 Å². The highest BCUT2D eigenvalue weighted by molar-refractivity contribution is 7.80. The van der Waals surface area contributed by atoms with Gasteiger partial charge in [0.1, 0.15) is 0 Å². The van der Waals surface area contributed by atoms with Gasteiger partial charge in [-0.3, -0.25) is 4.79 Å². The van der Waals surface area contributed by atoms with Crippen LogP contribution in [0.2, 0.25) is 0 Å². The Morgan fingerprint density at radius 1 is 1.82 bits per heavy atom. The van der Waals surface area contributed by atoms with Crippen LogP contribution in [0.15, 0.2) is 0 Å². The molecule has 0 rings (SSSR count). The second kappa shape index (κ2) is 4.69. The average molecular weight is 170 g/mol. The van der Waals surface area contributed by atoms with Crippen molar-refractivity contribution >= 4 is 23.2 Å². The van der Waals surface area contributed by atoms with E-state index in [2.05, 4.69) is 11.2 Å². The summed E-state index contributed by atoms with van der Waals surface area (Å²) in [4.78, 5) is 12.1. The number of nitrogens with one attached hydrogen (secondary N) is 1. The van der Waals surface area contributed by atoms with E-state index < -0.39 is 0 Å². The molecule has 0 fully saturated rings. The molecular weight excluding hydrogens is 160 g/mol. The van der Waals surface area contributed by atoms with Crippen LogP contribution in [0.1, 0.15) is 6.92 Å². The molecule has 0 atom stereocenters. The molecule has 0 aliphatic heterocycles. The summed E-state index contributed by atoms with van der Waals surface area (Å²) in [7, 11) is 1.72. The van der Waals surface area contributed by atoms with Gasteiger partial charge in [-0.05, 0) is 12.2 Å². The molecule has 0 saturated carbocycles. The molecule has 0 spiro atoms. The number of terminal acetylenes is 1. The lowest BCUT2D eigenvalue weighted by molar-refractivity contribution is -0.117. The fourth-order valence-corrected chi connectivity index (χ4v) is 0.663. The first kappa shape index (κ1) is 9.92. The van der Waals surface area contributed by atoms with E-state index >= 15 is 0 Å². The first-order valence-corrected chi connectivity index (χ1v) is 3.45. The maximum absolute atomic E-state index is 10.5. The molecule has 1 N–H and O–H groups in total. The maximum Gasteiger partial charge on any atom is 0.222 e. The van der Waals surface area contributed by atoms with Crippen LogP contribution in [0.3, 0.4) is 0 Å². The van der Waals surface area contributed by atoms with Gasteiger partial charge < -0.3 is 10.2 Å². The van der Waals surface area contributed by atoms with Gasteiger partial charge in [0.2, 0.25) is 5.91 Å². The molecular formula is C7H10N2OS. The van der Waals surface area contributed by atoms with Gasteiger partial charge in [0.15, 0.2) is 5.11 Å². The van der Waals surface area contributed by atoms with E-state index in [4.69, 9.17) is 18.6 Å². The third kappa shape index (κ3) is 4.34. The summed E-state index contributed by atoms with van der Waals surface area (Å²) >= 11 is 4.82. The zero-order valence-corrected chi connectivity index (χ0v) is 7.36. The molecule has 0 bridgehead atoms. The molecule has 0 aromatic heterocycles. The van der Waals surface area contributed by atoms with E-state index in [-0.39, 0.29) is 5.91 Å². The number of amides is 1. The van der Waals surface area contributed by atoms with Crippen molar-refractivity contribution in [2.24, 2.45) is 0 Å². The van der Waals surface area contributed by atoms with Gasteiger partial charge in [0, 0.05) is 14.0 Å². The predicted octanol–water partition coefficient (Wildman–Crippen LogP) is -0.0276. The van der Waals surface area contributed by atoms with Crippen molar-refractivity contribution < 1.29 is 4.79 Å². The lowest BCUT2D eigenvalue weighted by Crippen LogP contribution is -2.39. The quantitative estimate of drug-likeness (QED) is 0.443. The standard InChI is InChI=1S/C7H10N2OS/c1-4-5-9(3)7(11)8-6(2)10/h1H,5H2,2-3H3,(H,8,10,11). The zero-order chi connectivity index (χ0) is 8.85. The molecule has 0 unspecified atom stereocenters. The van der Waals surface area contributed by atoms with Gasteiger partial charge in [-0.1, -0.05) is 5.92 Å². The van der Waals surface area contributed by atoms with Gasteiger partial charge in [-0.15, -0.1) is 6.42 Å². The van der Waals surface area contributed by atoms with Gasteiger partial charge in [0.25, 0.3) is 0 Å². The zero-order valence-electron chi connectivity index (χ0n) is 6.55. The fraction of sp³-hybridized carbons (Fsp3) is 0.429. The second-order valence-corrected chi connectivity index (χ2v) is 2.43. The Labute approximate surface area is 71.8 Å². The molecule has 0 heterocycles. The Balaban J connectivity index is 3.85. The summed E-state index contributed by atoms with van der Waals surface area (Å²) in [6.07, 6.45) is 5.03. The maximum atomic E-state index is 10.5. The van der Waals surface area contributed by atoms with Crippen LogP contribution in [0.25, 0.3) is 0 Å². The molecule has 0 aliphatic carbocycles. The van der Waals surface area contributed by atoms with Crippen molar-refractivity contribution in [3.63, 3.8) is 0 Å². The Morgan fingerprint density at radius 3 is 2.73 bits per heavy atom. The number of hydrogen-bond acceptors (Lipinski definition) is 2. The molecule has 11 heavy (non-hydrogen) atoms. The highest BCUT2D eigenvalue weighted by Gasteiger charge is 2.02. The number of carbonyl (C=O) groups excluding carboxylic acids is 1. The topological polar surface area (TPSA) is 32.3 Å². The Morgan fingerprint density at radius 2 is 2.36 bits per heavy atom. The third-order valence-electron chi connectivity index (χ3n) is 0.958. The number of carbonyl (C=O) groups is 1. The van der Waals surface area contributed by atoms with Gasteiger partial charge in [-0.25, -0.2) is 0 Å². The molecule has 0 aliphatic rings. The normalized spacial score (nSPS) is 8.09. The highest BCUT2D eigenvalue weighted by atomic mass is 32.1. The van der Waals surface area contributed by atoms with Crippen LogP contribution in [0.4, 0.5) is 0 Å². The largest absolute Gasteiger partial charge is 0.341 e. The van der Waals surface area contributed by atoms with Crippen LogP contribution in [-0.2, 0) is 4.79 Å². The lowest BCUT2D eigenvalue weighted by Gasteiger charge is -2.16. The summed E-state index contributed by atoms with van der Waals surface area (Å²) in [6.45, 7) is 1.80. The SMILES string of the molecule is C#CCN(C)C(=S)NC(C)=O. The van der Waals surface area contributed by atoms with E-state index in [1.54, 1.807) is 11.9 Å². The molecule has 4 heteroatoms. The Hall–Kier alpha value is -1.08. The predicted molar refractivity (Wildman–Crippen MR) is 47.9 cm³/mol. The van der Waals surface area contributed by atoms with E-state index in [1.165, 1.54) is 6.92 Å². The first-order valence-electron chi connectivity index (χ1n) is 3.04. The van der Waals surface area contributed by atoms with Crippen LogP contribution in [0, 0.1) is 12.3 Å². The van der Waals surface area contributed by atoms with Crippen molar-refractivity contribution in [2.75, 3.05) is 13.6 Å². The van der Waals surface area contributed by atoms with Crippen molar-refractivity contribution in [1.82, 2.24) is 10.2 Å². The van der Waals surface area contributed by atoms with Crippen LogP contribution in [0.5, 0.6) is 0 Å². The van der Waals surface area contributed by atoms with E-state index in [0.29, 0.717) is 11.7 Å². The monoisotopic (exact) mass is 170 g/mol. The summed E-state index contributed by atoms with van der Waals surface area (Å²) < 4.78 is 0. The van der Waals surface area contributed by atoms with Crippen LogP contribution >= 0.6 is 12.2 Å². The Kier molecular flexibility index (Phi) is 4.23. The highest BCUT2D eigenvalue weighted by Crippen LogP contribution is 1.82. The molecule has 0 aromatic rings. The summed E-state index contributed by atoms with van der Waals surface area (Å²) in [5.41, 5.74) is 0. The molecule has 0 aromatic carbocycles. The average Bonchev–Trinajstić information content (AvgIpc) is 1.86. The number of nitrogens with zero attached hydrogens (tertiary/aromatic N) is 1. The Bertz CT molecular complexity index is 207. The third-order valence-corrected chi connectivity index (χ3v) is 1.37. The lowest BCUT2D eigenvalue weighted by atomic mass is 10.6. The van der Waals surface area contributed by atoms with Crippen LogP contribution in [-0.4, -0.2) is 29.5 Å². The molecule has 1 amide bonds. The second-order valence-electron chi connectivity index (χ2n) is 2.05. The van der Waals surface area contributed by atoms with Crippen molar-refractivity contribution in [3.8, 4) is 12.3 Å². The fourth-order valence-electron chi connectivity index (χ4n) is 0.455. The summed E-state index contributed by atoms with van der Waals surface area (Å²) in [5.74, 6) is 2.23. The smallest absolute Gasteiger partial charge is 0.222 e. The first-order chi connectivity index (χ1) is 5.07. The minimum absolute atomic E-state index is 0.182. The van der Waals surface area contributed by atoms with Crippen LogP contribution < -0.4 is 5.32 Å². The van der Waals surface area contributed by atoms with Crippen molar-refractivity contribution in [2.45, 2.75) is 6.92 Å². The van der Waals surface area contributed by atoms with Gasteiger partial charge in [-0.2, -0.15) is 0 Å². The number of thiocarbonyl (C=S) groups is 1. The van der Waals surface area contributed by atoms with Gasteiger partial charge >= 0.3 is 0 Å². The summed E-state index contributed by atoms with van der Waals surface area (Å²) in [6, 6.07) is 0. The minimum Gasteiger partial charge on any atom is -0.341 e. The van der Waals surface area contributed by atoms with E-state index in [1.807, 2.05) is 0 Å². The van der Waals surface area contributed by atoms with Gasteiger partial charge in [0.05, 0.1) is 6.54 Å². The summed E-state index contributed by atoms with van der Waals surface area (Å²) in [5, 5.41) is 2.81. The van der Waals surface area contributed by atoms with Crippen molar-refractivity contribution in [3.05, 3.63) is 0 Å². The molecule has 3 nitrogen and oxygen atoms in total. The molecule has 0 radical (unpaired) electrons. The number of hydrogen-bond donors (Lipinski definition) is 1. The molecule has 60 valence electrons. The molecule has 0 saturated heterocycles. The van der Waals surface area contributed by atoms with E-state index in [0.717, 1.165) is 0 Å². The van der Waals surface area contributed by atoms with Crippen molar-refractivity contribution in [1.29, 1.82) is 0 Å².